The molecule has 4 atom stereocenters. The first-order chi connectivity index (χ1) is 14.8. The molecular formula is C22H42BrN3O5Si2. The van der Waals surface area contributed by atoms with E-state index in [2.05, 4.69) is 88.6 Å². The van der Waals surface area contributed by atoms with Crippen LogP contribution in [0.15, 0.2) is 15.5 Å². The van der Waals surface area contributed by atoms with Gasteiger partial charge in [-0.25, -0.2) is 4.79 Å². The molecule has 1 aliphatic rings. The number of anilines is 1. The highest BCUT2D eigenvalue weighted by Crippen LogP contribution is 2.43. The maximum absolute atomic E-state index is 12.7. The van der Waals surface area contributed by atoms with Crippen LogP contribution in [0.1, 0.15) is 47.8 Å². The minimum absolute atomic E-state index is 0.00314. The van der Waals surface area contributed by atoms with Crippen LogP contribution >= 0.6 is 15.9 Å². The van der Waals surface area contributed by atoms with Crippen LogP contribution in [-0.2, 0) is 18.3 Å². The second kappa shape index (κ2) is 9.83. The molecule has 1 aromatic heterocycles. The Morgan fingerprint density at radius 3 is 2.12 bits per heavy atom. The third-order valence-electron chi connectivity index (χ3n) is 7.42. The molecule has 2 N–H and O–H groups in total. The zero-order valence-corrected chi connectivity index (χ0v) is 25.6. The number of halogens is 1. The number of rotatable bonds is 7. The molecule has 0 spiro atoms. The number of aromatic nitrogens is 2. The SMILES string of the molecule is CO[C@@H]1[C@H](O[Si](C)(C)C(C)(C)C)[C@@H](CO[Si](C)(C)C(C)(C)C)O[C@H]1n1cc(Br)c(N)nc1=O. The molecule has 1 fully saturated rings. The van der Waals surface area contributed by atoms with E-state index in [-0.39, 0.29) is 15.9 Å². The molecule has 2 rings (SSSR count). The van der Waals surface area contributed by atoms with Crippen molar-refractivity contribution in [2.24, 2.45) is 0 Å². The summed E-state index contributed by atoms with van der Waals surface area (Å²) in [7, 11) is -2.59. The van der Waals surface area contributed by atoms with Crippen LogP contribution in [-0.4, -0.2) is 58.2 Å². The molecule has 0 unspecified atom stereocenters. The Bertz CT molecular complexity index is 895. The molecule has 0 aliphatic carbocycles. The maximum Gasteiger partial charge on any atom is 0.351 e. The van der Waals surface area contributed by atoms with Crippen LogP contribution in [0.4, 0.5) is 5.82 Å². The minimum Gasteiger partial charge on any atom is -0.414 e. The zero-order valence-electron chi connectivity index (χ0n) is 22.0. The summed E-state index contributed by atoms with van der Waals surface area (Å²) in [5.74, 6) is 0.134. The number of methoxy groups -OCH3 is 1. The van der Waals surface area contributed by atoms with Gasteiger partial charge < -0.3 is 24.1 Å². The van der Waals surface area contributed by atoms with E-state index in [1.165, 1.54) is 4.57 Å². The first kappa shape index (κ1) is 28.7. The second-order valence-corrected chi connectivity index (χ2v) is 22.3. The number of nitrogens with two attached hydrogens (primary N) is 1. The highest BCUT2D eigenvalue weighted by molar-refractivity contribution is 9.10. The molecule has 190 valence electrons. The molecule has 2 heterocycles. The van der Waals surface area contributed by atoms with Crippen molar-refractivity contribution < 1.29 is 18.3 Å². The molecule has 1 aromatic rings. The van der Waals surface area contributed by atoms with Crippen LogP contribution in [0.2, 0.25) is 36.3 Å². The number of ether oxygens (including phenoxy) is 2. The van der Waals surface area contributed by atoms with Crippen LogP contribution in [0.25, 0.3) is 0 Å². The lowest BCUT2D eigenvalue weighted by atomic mass is 10.1. The lowest BCUT2D eigenvalue weighted by Gasteiger charge is -2.41. The predicted molar refractivity (Wildman–Crippen MR) is 141 cm³/mol. The molecule has 11 heteroatoms. The van der Waals surface area contributed by atoms with Gasteiger partial charge in [-0.1, -0.05) is 41.5 Å². The minimum atomic E-state index is -2.18. The van der Waals surface area contributed by atoms with Crippen molar-refractivity contribution >= 4 is 38.4 Å². The van der Waals surface area contributed by atoms with Gasteiger partial charge in [0.1, 0.15) is 24.1 Å². The van der Waals surface area contributed by atoms with Crippen molar-refractivity contribution in [3.63, 3.8) is 0 Å². The monoisotopic (exact) mass is 563 g/mol. The van der Waals surface area contributed by atoms with Crippen molar-refractivity contribution in [1.82, 2.24) is 9.55 Å². The van der Waals surface area contributed by atoms with E-state index in [0.29, 0.717) is 11.1 Å². The molecule has 33 heavy (non-hydrogen) atoms. The van der Waals surface area contributed by atoms with Crippen molar-refractivity contribution in [2.75, 3.05) is 19.5 Å². The fourth-order valence-electron chi connectivity index (χ4n) is 3.12. The van der Waals surface area contributed by atoms with Crippen LogP contribution in [0.3, 0.4) is 0 Å². The zero-order chi connectivity index (χ0) is 25.6. The quantitative estimate of drug-likeness (QED) is 0.470. The van der Waals surface area contributed by atoms with Gasteiger partial charge in [-0.05, 0) is 52.2 Å². The first-order valence-corrected chi connectivity index (χ1v) is 18.0. The van der Waals surface area contributed by atoms with Gasteiger partial charge in [0.05, 0.1) is 11.1 Å². The Morgan fingerprint density at radius 2 is 1.64 bits per heavy atom. The normalized spacial score (nSPS) is 25.0. The van der Waals surface area contributed by atoms with Gasteiger partial charge in [-0.3, -0.25) is 4.57 Å². The van der Waals surface area contributed by atoms with E-state index in [1.807, 2.05) is 0 Å². The van der Waals surface area contributed by atoms with Crippen molar-refractivity contribution in [3.8, 4) is 0 Å². The fourth-order valence-corrected chi connectivity index (χ4v) is 5.77. The van der Waals surface area contributed by atoms with Gasteiger partial charge in [-0.2, -0.15) is 4.98 Å². The molecule has 0 aromatic carbocycles. The van der Waals surface area contributed by atoms with E-state index in [9.17, 15) is 4.79 Å². The van der Waals surface area contributed by atoms with Crippen molar-refractivity contribution in [3.05, 3.63) is 21.2 Å². The van der Waals surface area contributed by atoms with E-state index < -0.39 is 46.9 Å². The summed E-state index contributed by atoms with van der Waals surface area (Å²) in [6, 6.07) is 0. The van der Waals surface area contributed by atoms with Crippen LogP contribution in [0.5, 0.6) is 0 Å². The smallest absolute Gasteiger partial charge is 0.351 e. The molecular weight excluding hydrogens is 522 g/mol. The van der Waals surface area contributed by atoms with E-state index in [4.69, 9.17) is 24.1 Å². The van der Waals surface area contributed by atoms with Crippen molar-refractivity contribution in [2.45, 2.75) is 102 Å². The van der Waals surface area contributed by atoms with Crippen LogP contribution in [0, 0.1) is 0 Å². The summed E-state index contributed by atoms with van der Waals surface area (Å²) in [6.07, 6.45) is -0.417. The van der Waals surface area contributed by atoms with Crippen molar-refractivity contribution in [1.29, 1.82) is 0 Å². The van der Waals surface area contributed by atoms with Gasteiger partial charge in [-0.15, -0.1) is 0 Å². The maximum atomic E-state index is 12.7. The number of nitrogen functional groups attached to an aromatic ring is 1. The molecule has 0 bridgehead atoms. The van der Waals surface area contributed by atoms with Gasteiger partial charge in [0.2, 0.25) is 0 Å². The molecule has 8 nitrogen and oxygen atoms in total. The topological polar surface area (TPSA) is 97.8 Å². The summed E-state index contributed by atoms with van der Waals surface area (Å²) in [5, 5.41) is 0.0565. The molecule has 0 saturated carbocycles. The summed E-state index contributed by atoms with van der Waals surface area (Å²) < 4.78 is 27.6. The molecule has 1 saturated heterocycles. The summed E-state index contributed by atoms with van der Waals surface area (Å²) in [5.41, 5.74) is 5.30. The third-order valence-corrected chi connectivity index (χ3v) is 17.0. The standard InChI is InChI=1S/C22H42BrN3O5Si2/c1-21(2,3)32(8,9)29-13-15-16(31-33(10,11)22(4,5)6)17(28-7)19(30-15)26-12-14(23)18(24)25-20(26)27/h12,15-17,19H,13H2,1-11H3,(H2,24,25,27)/t15-,16-,17-,19-/m1/s1. The Balaban J connectivity index is 2.46. The lowest BCUT2D eigenvalue weighted by Crippen LogP contribution is -2.51. The fraction of sp³-hybridized carbons (Fsp3) is 0.818. The number of hydrogen-bond acceptors (Lipinski definition) is 7. The second-order valence-electron chi connectivity index (χ2n) is 11.8. The van der Waals surface area contributed by atoms with Crippen LogP contribution < -0.4 is 11.4 Å². The van der Waals surface area contributed by atoms with E-state index >= 15 is 0 Å². The Kier molecular flexibility index (Phi) is 8.54. The number of nitrogens with zero attached hydrogens (tertiary/aromatic N) is 2. The Labute approximate surface area is 208 Å². The average Bonchev–Trinajstić information content (AvgIpc) is 2.97. The average molecular weight is 565 g/mol. The predicted octanol–water partition coefficient (Wildman–Crippen LogP) is 4.91. The van der Waals surface area contributed by atoms with E-state index in [0.717, 1.165) is 0 Å². The first-order valence-electron chi connectivity index (χ1n) is 11.4. The lowest BCUT2D eigenvalue weighted by molar-refractivity contribution is -0.0613. The summed E-state index contributed by atoms with van der Waals surface area (Å²) in [4.78, 5) is 16.6. The highest BCUT2D eigenvalue weighted by atomic mass is 79.9. The summed E-state index contributed by atoms with van der Waals surface area (Å²) in [6.45, 7) is 22.4. The third kappa shape index (κ3) is 6.17. The Hall–Kier alpha value is -0.566. The molecule has 1 aliphatic heterocycles. The molecule has 0 radical (unpaired) electrons. The van der Waals surface area contributed by atoms with E-state index in [1.54, 1.807) is 13.3 Å². The van der Waals surface area contributed by atoms with Gasteiger partial charge in [0.25, 0.3) is 0 Å². The summed E-state index contributed by atoms with van der Waals surface area (Å²) >= 11 is 3.37. The molecule has 0 amide bonds. The van der Waals surface area contributed by atoms with Gasteiger partial charge in [0.15, 0.2) is 22.9 Å². The largest absolute Gasteiger partial charge is 0.414 e. The highest BCUT2D eigenvalue weighted by Gasteiger charge is 2.52. The van der Waals surface area contributed by atoms with Gasteiger partial charge in [0, 0.05) is 13.3 Å². The number of hydrogen-bond donors (Lipinski definition) is 1. The van der Waals surface area contributed by atoms with Gasteiger partial charge >= 0.3 is 5.69 Å². The Morgan fingerprint density at radius 1 is 1.09 bits per heavy atom.